The lowest BCUT2D eigenvalue weighted by atomic mass is 10.1. The van der Waals surface area contributed by atoms with Crippen molar-refractivity contribution in [3.8, 4) is 11.5 Å². The van der Waals surface area contributed by atoms with E-state index in [1.54, 1.807) is 4.90 Å². The molecule has 6 nitrogen and oxygen atoms in total. The van der Waals surface area contributed by atoms with Gasteiger partial charge < -0.3 is 19.3 Å². The highest BCUT2D eigenvalue weighted by molar-refractivity contribution is 5.80. The molecule has 1 heterocycles. The molecule has 0 unspecified atom stereocenters. The maximum absolute atomic E-state index is 12.7. The number of rotatable bonds is 7. The van der Waals surface area contributed by atoms with Crippen LogP contribution in [0, 0.1) is 6.92 Å². The molecule has 0 atom stereocenters. The molecular formula is C24H30N2O4. The molecule has 2 aromatic carbocycles. The van der Waals surface area contributed by atoms with Gasteiger partial charge in [0.2, 0.25) is 5.91 Å². The average Bonchev–Trinajstić information content (AvgIpc) is 3.01. The number of carbonyl (C=O) groups is 2. The van der Waals surface area contributed by atoms with Crippen molar-refractivity contribution in [2.75, 3.05) is 39.4 Å². The van der Waals surface area contributed by atoms with Crippen molar-refractivity contribution in [2.45, 2.75) is 26.7 Å². The zero-order valence-electron chi connectivity index (χ0n) is 17.8. The molecule has 6 heteroatoms. The van der Waals surface area contributed by atoms with Crippen LogP contribution in [0.15, 0.2) is 48.5 Å². The number of nitrogens with zero attached hydrogens (tertiary/aromatic N) is 2. The molecule has 0 aromatic heterocycles. The van der Waals surface area contributed by atoms with E-state index in [9.17, 15) is 9.59 Å². The van der Waals surface area contributed by atoms with Crippen LogP contribution in [0.2, 0.25) is 0 Å². The summed E-state index contributed by atoms with van der Waals surface area (Å²) in [7, 11) is 0. The fourth-order valence-corrected chi connectivity index (χ4v) is 3.44. The first kappa shape index (κ1) is 21.7. The van der Waals surface area contributed by atoms with Gasteiger partial charge in [0.25, 0.3) is 5.91 Å². The van der Waals surface area contributed by atoms with E-state index >= 15 is 0 Å². The monoisotopic (exact) mass is 410 g/mol. The second kappa shape index (κ2) is 10.7. The first-order valence-electron chi connectivity index (χ1n) is 10.5. The second-order valence-corrected chi connectivity index (χ2v) is 7.47. The standard InChI is InChI=1S/C24H30N2O4/c1-3-29-21-11-7-20(8-12-21)17-23(27)25-13-4-14-26(16-15-25)24(28)18-30-22-9-5-19(2)6-10-22/h5-12H,3-4,13-18H2,1-2H3. The van der Waals surface area contributed by atoms with Gasteiger partial charge in [-0.25, -0.2) is 0 Å². The van der Waals surface area contributed by atoms with Crippen molar-refractivity contribution in [3.05, 3.63) is 59.7 Å². The fraction of sp³-hybridized carbons (Fsp3) is 0.417. The number of hydrogen-bond acceptors (Lipinski definition) is 4. The molecule has 0 aliphatic carbocycles. The van der Waals surface area contributed by atoms with E-state index in [4.69, 9.17) is 9.47 Å². The molecule has 3 rings (SSSR count). The van der Waals surface area contributed by atoms with E-state index < -0.39 is 0 Å². The molecule has 1 aliphatic heterocycles. The summed E-state index contributed by atoms with van der Waals surface area (Å²) in [4.78, 5) is 28.9. The molecule has 0 saturated carbocycles. The average molecular weight is 411 g/mol. The highest BCUT2D eigenvalue weighted by atomic mass is 16.5. The number of aryl methyl sites for hydroxylation is 1. The Bertz CT molecular complexity index is 833. The van der Waals surface area contributed by atoms with Crippen molar-refractivity contribution in [2.24, 2.45) is 0 Å². The SMILES string of the molecule is CCOc1ccc(CC(=O)N2CCCN(C(=O)COc3ccc(C)cc3)CC2)cc1. The number of ether oxygens (including phenoxy) is 2. The number of benzene rings is 2. The van der Waals surface area contributed by atoms with Gasteiger partial charge >= 0.3 is 0 Å². The van der Waals surface area contributed by atoms with E-state index in [1.165, 1.54) is 0 Å². The van der Waals surface area contributed by atoms with Gasteiger partial charge in [-0.2, -0.15) is 0 Å². The van der Waals surface area contributed by atoms with E-state index in [2.05, 4.69) is 0 Å². The quantitative estimate of drug-likeness (QED) is 0.704. The van der Waals surface area contributed by atoms with Gasteiger partial charge in [-0.05, 0) is 50.1 Å². The summed E-state index contributed by atoms with van der Waals surface area (Å²) >= 11 is 0. The topological polar surface area (TPSA) is 59.1 Å². The van der Waals surface area contributed by atoms with Crippen LogP contribution in [-0.2, 0) is 16.0 Å². The van der Waals surface area contributed by atoms with Gasteiger partial charge in [-0.3, -0.25) is 9.59 Å². The highest BCUT2D eigenvalue weighted by Gasteiger charge is 2.22. The van der Waals surface area contributed by atoms with E-state index in [-0.39, 0.29) is 18.4 Å². The van der Waals surface area contributed by atoms with E-state index in [0.29, 0.717) is 45.0 Å². The maximum Gasteiger partial charge on any atom is 0.260 e. The Morgan fingerprint density at radius 3 is 2.00 bits per heavy atom. The molecule has 0 bridgehead atoms. The van der Waals surface area contributed by atoms with Crippen molar-refractivity contribution in [1.82, 2.24) is 9.80 Å². The number of amides is 2. The smallest absolute Gasteiger partial charge is 0.260 e. The minimum absolute atomic E-state index is 0.0171. The number of hydrogen-bond donors (Lipinski definition) is 0. The lowest BCUT2D eigenvalue weighted by Gasteiger charge is -2.22. The van der Waals surface area contributed by atoms with Gasteiger partial charge in [0.15, 0.2) is 6.61 Å². The van der Waals surface area contributed by atoms with Crippen molar-refractivity contribution < 1.29 is 19.1 Å². The van der Waals surface area contributed by atoms with Crippen molar-refractivity contribution in [3.63, 3.8) is 0 Å². The first-order chi connectivity index (χ1) is 14.5. The summed E-state index contributed by atoms with van der Waals surface area (Å²) in [6, 6.07) is 15.3. The molecule has 1 fully saturated rings. The largest absolute Gasteiger partial charge is 0.494 e. The Hall–Kier alpha value is -3.02. The minimum atomic E-state index is -0.0450. The zero-order chi connectivity index (χ0) is 21.3. The van der Waals surface area contributed by atoms with Gasteiger partial charge in [0.1, 0.15) is 11.5 Å². The maximum atomic E-state index is 12.7. The summed E-state index contributed by atoms with van der Waals surface area (Å²) in [5, 5.41) is 0. The molecule has 0 spiro atoms. The van der Waals surface area contributed by atoms with Crippen LogP contribution in [-0.4, -0.2) is 61.0 Å². The highest BCUT2D eigenvalue weighted by Crippen LogP contribution is 2.15. The third kappa shape index (κ3) is 6.24. The molecule has 160 valence electrons. The van der Waals surface area contributed by atoms with Crippen LogP contribution < -0.4 is 9.47 Å². The van der Waals surface area contributed by atoms with Crippen molar-refractivity contribution in [1.29, 1.82) is 0 Å². The Balaban J connectivity index is 1.46. The third-order valence-corrected chi connectivity index (χ3v) is 5.17. The summed E-state index contributed by atoms with van der Waals surface area (Å²) < 4.78 is 11.1. The van der Waals surface area contributed by atoms with Gasteiger partial charge in [-0.15, -0.1) is 0 Å². The molecule has 1 saturated heterocycles. The fourth-order valence-electron chi connectivity index (χ4n) is 3.44. The van der Waals surface area contributed by atoms with E-state index in [0.717, 1.165) is 23.3 Å². The van der Waals surface area contributed by atoms with Crippen LogP contribution in [0.1, 0.15) is 24.5 Å². The predicted octanol–water partition coefficient (Wildman–Crippen LogP) is 3.08. The van der Waals surface area contributed by atoms with Crippen LogP contribution in [0.5, 0.6) is 11.5 Å². The Kier molecular flexibility index (Phi) is 7.71. The Morgan fingerprint density at radius 1 is 0.800 bits per heavy atom. The summed E-state index contributed by atoms with van der Waals surface area (Å²) in [5.41, 5.74) is 2.11. The molecule has 1 aliphatic rings. The predicted molar refractivity (Wildman–Crippen MR) is 116 cm³/mol. The Morgan fingerprint density at radius 2 is 1.37 bits per heavy atom. The molecule has 0 radical (unpaired) electrons. The summed E-state index contributed by atoms with van der Waals surface area (Å²) in [6.45, 7) is 6.98. The molecule has 2 aromatic rings. The van der Waals surface area contributed by atoms with E-state index in [1.807, 2.05) is 67.3 Å². The minimum Gasteiger partial charge on any atom is -0.494 e. The van der Waals surface area contributed by atoms with Gasteiger partial charge in [0, 0.05) is 26.2 Å². The second-order valence-electron chi connectivity index (χ2n) is 7.47. The van der Waals surface area contributed by atoms with Gasteiger partial charge in [-0.1, -0.05) is 29.8 Å². The molecule has 0 N–H and O–H groups in total. The molecule has 30 heavy (non-hydrogen) atoms. The van der Waals surface area contributed by atoms with Crippen LogP contribution in [0.4, 0.5) is 0 Å². The first-order valence-corrected chi connectivity index (χ1v) is 10.5. The third-order valence-electron chi connectivity index (χ3n) is 5.17. The zero-order valence-corrected chi connectivity index (χ0v) is 17.8. The van der Waals surface area contributed by atoms with Gasteiger partial charge in [0.05, 0.1) is 13.0 Å². The normalized spacial score (nSPS) is 14.2. The van der Waals surface area contributed by atoms with Crippen LogP contribution in [0.3, 0.4) is 0 Å². The summed E-state index contributed by atoms with van der Waals surface area (Å²) in [5.74, 6) is 1.54. The van der Waals surface area contributed by atoms with Crippen LogP contribution in [0.25, 0.3) is 0 Å². The lowest BCUT2D eigenvalue weighted by Crippen LogP contribution is -2.39. The lowest BCUT2D eigenvalue weighted by molar-refractivity contribution is -0.134. The molecular weight excluding hydrogens is 380 g/mol. The Labute approximate surface area is 178 Å². The number of carbonyl (C=O) groups excluding carboxylic acids is 2. The van der Waals surface area contributed by atoms with Crippen LogP contribution >= 0.6 is 0 Å². The summed E-state index contributed by atoms with van der Waals surface area (Å²) in [6.07, 6.45) is 1.13. The van der Waals surface area contributed by atoms with Crippen molar-refractivity contribution >= 4 is 11.8 Å². The molecule has 2 amide bonds.